The van der Waals surface area contributed by atoms with Crippen molar-refractivity contribution in [2.24, 2.45) is 11.8 Å². The number of benzene rings is 8. The van der Waals surface area contributed by atoms with Gasteiger partial charge in [0.05, 0.1) is 0 Å². The van der Waals surface area contributed by atoms with Crippen molar-refractivity contribution in [2.75, 3.05) is 9.80 Å². The molecule has 1 aromatic heterocycles. The molecule has 11 rings (SSSR count). The maximum absolute atomic E-state index is 2.48. The lowest BCUT2D eigenvalue weighted by Crippen LogP contribution is -2.22. The molecule has 294 valence electrons. The highest BCUT2D eigenvalue weighted by Crippen LogP contribution is 2.49. The first kappa shape index (κ1) is 37.1. The molecular weight excluding hydrogens is 757 g/mol. The van der Waals surface area contributed by atoms with Crippen LogP contribution in [-0.2, 0) is 6.42 Å². The van der Waals surface area contributed by atoms with E-state index in [-0.39, 0.29) is 0 Å². The molecule has 2 unspecified atom stereocenters. The van der Waals surface area contributed by atoms with E-state index in [2.05, 4.69) is 230 Å². The molecule has 0 N–H and O–H groups in total. The Hall–Kier alpha value is -6.94. The average molecular weight is 803 g/mol. The minimum atomic E-state index is 0.415. The van der Waals surface area contributed by atoms with Crippen LogP contribution < -0.4 is 9.80 Å². The Kier molecular flexibility index (Phi) is 9.48. The standard InChI is InChI=1S/C58H46N2S/c1-39-22-33-50-53-37-48(60(45-19-10-5-11-20-45)55-21-13-12-14-40(55)2)31-34-51(53)58-57(54(50)36-39)52-35-32-49(38-56(52)61-58)59(46-27-23-43(24-28-46)41-15-6-3-7-16-41)47-29-25-44(26-30-47)42-17-8-4-9-18-42/h3-13,15-35,37-40H,14,36H2,1-2H3. The van der Waals surface area contributed by atoms with Crippen molar-refractivity contribution in [1.82, 2.24) is 0 Å². The van der Waals surface area contributed by atoms with Crippen molar-refractivity contribution in [2.45, 2.75) is 26.7 Å². The van der Waals surface area contributed by atoms with E-state index in [1.54, 1.807) is 0 Å². The van der Waals surface area contributed by atoms with Crippen LogP contribution in [0.1, 0.15) is 31.4 Å². The van der Waals surface area contributed by atoms with E-state index in [0.717, 1.165) is 29.9 Å². The second kappa shape index (κ2) is 15.6. The van der Waals surface area contributed by atoms with Crippen LogP contribution in [0.25, 0.3) is 59.3 Å². The van der Waals surface area contributed by atoms with Crippen LogP contribution in [0.3, 0.4) is 0 Å². The van der Waals surface area contributed by atoms with E-state index in [4.69, 9.17) is 0 Å². The summed E-state index contributed by atoms with van der Waals surface area (Å²) in [5.41, 5.74) is 14.8. The van der Waals surface area contributed by atoms with Crippen molar-refractivity contribution >= 4 is 76.8 Å². The molecule has 2 atom stereocenters. The van der Waals surface area contributed by atoms with E-state index in [1.165, 1.54) is 81.4 Å². The van der Waals surface area contributed by atoms with Crippen LogP contribution in [-0.4, -0.2) is 0 Å². The molecule has 2 aliphatic rings. The first-order valence-corrected chi connectivity index (χ1v) is 22.3. The minimum absolute atomic E-state index is 0.415. The summed E-state index contributed by atoms with van der Waals surface area (Å²) >= 11 is 1.94. The van der Waals surface area contributed by atoms with Gasteiger partial charge in [-0.05, 0) is 124 Å². The first-order valence-electron chi connectivity index (χ1n) is 21.5. The van der Waals surface area contributed by atoms with E-state index >= 15 is 0 Å². The van der Waals surface area contributed by atoms with Crippen LogP contribution in [0.4, 0.5) is 28.4 Å². The summed E-state index contributed by atoms with van der Waals surface area (Å²) in [6.07, 6.45) is 13.7. The van der Waals surface area contributed by atoms with Crippen molar-refractivity contribution < 1.29 is 0 Å². The number of fused-ring (bicyclic) bond motifs is 8. The smallest absolute Gasteiger partial charge is 0.0476 e. The Bertz CT molecular complexity index is 3060. The highest BCUT2D eigenvalue weighted by molar-refractivity contribution is 7.26. The number of hydrogen-bond donors (Lipinski definition) is 0. The van der Waals surface area contributed by atoms with E-state index in [1.807, 2.05) is 11.3 Å². The van der Waals surface area contributed by atoms with Gasteiger partial charge in [0.1, 0.15) is 0 Å². The SMILES string of the molecule is CC1C=Cc2c(c3c4ccc(N(c5ccc(-c6ccccc6)cc5)c5ccc(-c6ccccc6)cc5)cc4sc3c3ccc(N(C4=CC=CCC4C)c4ccccc4)cc23)C1. The molecule has 0 saturated carbocycles. The predicted molar refractivity (Wildman–Crippen MR) is 264 cm³/mol. The highest BCUT2D eigenvalue weighted by Gasteiger charge is 2.25. The summed E-state index contributed by atoms with van der Waals surface area (Å²) in [7, 11) is 0. The summed E-state index contributed by atoms with van der Waals surface area (Å²) in [4.78, 5) is 4.89. The maximum Gasteiger partial charge on any atom is 0.0476 e. The normalized spacial score (nSPS) is 15.9. The highest BCUT2D eigenvalue weighted by atomic mass is 32.1. The second-order valence-electron chi connectivity index (χ2n) is 16.6. The summed E-state index contributed by atoms with van der Waals surface area (Å²) in [5, 5.41) is 5.40. The van der Waals surface area contributed by atoms with Gasteiger partial charge in [0.2, 0.25) is 0 Å². The lowest BCUT2D eigenvalue weighted by Gasteiger charge is -2.32. The van der Waals surface area contributed by atoms with Gasteiger partial charge in [-0.2, -0.15) is 0 Å². The molecule has 0 aliphatic heterocycles. The maximum atomic E-state index is 2.48. The van der Waals surface area contributed by atoms with Gasteiger partial charge in [-0.1, -0.05) is 153 Å². The summed E-state index contributed by atoms with van der Waals surface area (Å²) < 4.78 is 2.68. The number of thiophene rings is 1. The van der Waals surface area contributed by atoms with E-state index in [0.29, 0.717) is 11.8 Å². The van der Waals surface area contributed by atoms with Crippen LogP contribution >= 0.6 is 11.3 Å². The molecule has 0 saturated heterocycles. The number of para-hydroxylation sites is 1. The number of nitrogens with zero attached hydrogens (tertiary/aromatic N) is 2. The predicted octanol–water partition coefficient (Wildman–Crippen LogP) is 16.8. The van der Waals surface area contributed by atoms with Crippen molar-refractivity contribution in [3.8, 4) is 22.3 Å². The number of hydrogen-bond acceptors (Lipinski definition) is 3. The van der Waals surface area contributed by atoms with Crippen LogP contribution in [0, 0.1) is 11.8 Å². The molecule has 0 radical (unpaired) electrons. The zero-order chi connectivity index (χ0) is 40.9. The average Bonchev–Trinajstić information content (AvgIpc) is 3.71. The van der Waals surface area contributed by atoms with Crippen molar-refractivity contribution in [3.05, 3.63) is 217 Å². The van der Waals surface area contributed by atoms with Crippen molar-refractivity contribution in [1.29, 1.82) is 0 Å². The fraction of sp³-hybridized carbons (Fsp3) is 0.103. The zero-order valence-corrected chi connectivity index (χ0v) is 35.3. The van der Waals surface area contributed by atoms with Crippen molar-refractivity contribution in [3.63, 3.8) is 0 Å². The summed E-state index contributed by atoms with van der Waals surface area (Å²) in [5.74, 6) is 0.887. The van der Waals surface area contributed by atoms with Gasteiger partial charge < -0.3 is 9.80 Å². The third-order valence-corrected chi connectivity index (χ3v) is 13.8. The summed E-state index contributed by atoms with van der Waals surface area (Å²) in [6.45, 7) is 4.69. The molecule has 1 heterocycles. The fourth-order valence-electron chi connectivity index (χ4n) is 9.52. The molecule has 0 spiro atoms. The molecule has 9 aromatic rings. The lowest BCUT2D eigenvalue weighted by molar-refractivity contribution is 0.670. The Labute approximate surface area is 362 Å². The molecule has 61 heavy (non-hydrogen) atoms. The van der Waals surface area contributed by atoms with Gasteiger partial charge in [-0.3, -0.25) is 0 Å². The van der Waals surface area contributed by atoms with Crippen LogP contribution in [0.15, 0.2) is 206 Å². The number of anilines is 5. The van der Waals surface area contributed by atoms with E-state index < -0.39 is 0 Å². The van der Waals surface area contributed by atoms with E-state index in [9.17, 15) is 0 Å². The fourth-order valence-corrected chi connectivity index (χ4v) is 10.8. The lowest BCUT2D eigenvalue weighted by atomic mass is 9.84. The zero-order valence-electron chi connectivity index (χ0n) is 34.5. The topological polar surface area (TPSA) is 6.48 Å². The van der Waals surface area contributed by atoms with Gasteiger partial charge in [-0.15, -0.1) is 11.3 Å². The summed E-state index contributed by atoms with van der Waals surface area (Å²) in [6, 6.07) is 64.5. The molecule has 2 aliphatic carbocycles. The Morgan fingerprint density at radius 1 is 0.508 bits per heavy atom. The first-order chi connectivity index (χ1) is 30.1. The second-order valence-corrected chi connectivity index (χ2v) is 17.7. The molecule has 0 fully saturated rings. The van der Waals surface area contributed by atoms with Crippen LogP contribution in [0.5, 0.6) is 0 Å². The Morgan fingerprint density at radius 3 is 1.67 bits per heavy atom. The third kappa shape index (κ3) is 6.76. The molecular formula is C58H46N2S. The Morgan fingerprint density at radius 2 is 1.05 bits per heavy atom. The third-order valence-electron chi connectivity index (χ3n) is 12.6. The van der Waals surface area contributed by atoms with Crippen LogP contribution in [0.2, 0.25) is 0 Å². The monoisotopic (exact) mass is 802 g/mol. The van der Waals surface area contributed by atoms with Gasteiger partial charge in [0.25, 0.3) is 0 Å². The minimum Gasteiger partial charge on any atom is -0.314 e. The van der Waals surface area contributed by atoms with Gasteiger partial charge in [0, 0.05) is 65.6 Å². The molecule has 0 bridgehead atoms. The molecule has 2 nitrogen and oxygen atoms in total. The molecule has 0 amide bonds. The quantitative estimate of drug-likeness (QED) is 0.151. The molecule has 8 aromatic carbocycles. The Balaban J connectivity index is 1.07. The van der Waals surface area contributed by atoms with Gasteiger partial charge >= 0.3 is 0 Å². The number of rotatable bonds is 8. The largest absolute Gasteiger partial charge is 0.314 e. The van der Waals surface area contributed by atoms with Gasteiger partial charge in [0.15, 0.2) is 0 Å². The number of allylic oxidation sites excluding steroid dienone is 5. The van der Waals surface area contributed by atoms with Gasteiger partial charge in [-0.25, -0.2) is 0 Å². The molecule has 3 heteroatoms.